The molecule has 2 aromatic carbocycles. The topological polar surface area (TPSA) is 117 Å². The van der Waals surface area contributed by atoms with Crippen LogP contribution in [0.15, 0.2) is 53.1 Å². The summed E-state index contributed by atoms with van der Waals surface area (Å²) in [4.78, 5) is 17.9. The molecule has 0 saturated carbocycles. The van der Waals surface area contributed by atoms with E-state index in [9.17, 15) is 4.79 Å². The van der Waals surface area contributed by atoms with Crippen molar-refractivity contribution < 1.29 is 18.8 Å². The van der Waals surface area contributed by atoms with E-state index in [-0.39, 0.29) is 6.73 Å². The second-order valence-electron chi connectivity index (χ2n) is 12.1. The predicted molar refractivity (Wildman–Crippen MR) is 161 cm³/mol. The number of carbonyl (C=O) groups is 1. The fraction of sp³-hybridized carbons (Fsp3) is 0.414. The van der Waals surface area contributed by atoms with E-state index in [2.05, 4.69) is 30.1 Å². The fourth-order valence-corrected chi connectivity index (χ4v) is 5.21. The van der Waals surface area contributed by atoms with Gasteiger partial charge in [0.25, 0.3) is 0 Å². The average Bonchev–Trinajstić information content (AvgIpc) is 3.39. The van der Waals surface area contributed by atoms with Crippen molar-refractivity contribution in [2.75, 3.05) is 12.3 Å². The number of hydrogen-bond acceptors (Lipinski definition) is 7. The fourth-order valence-electron chi connectivity index (χ4n) is 4.17. The zero-order valence-electron chi connectivity index (χ0n) is 24.0. The average molecular weight is 584 g/mol. The molecule has 0 unspecified atom stereocenters. The van der Waals surface area contributed by atoms with E-state index in [1.165, 1.54) is 0 Å². The lowest BCUT2D eigenvalue weighted by molar-refractivity contribution is 0.0491. The van der Waals surface area contributed by atoms with Crippen molar-refractivity contribution in [1.29, 1.82) is 0 Å². The number of halogens is 1. The molecule has 1 amide bonds. The summed E-state index contributed by atoms with van der Waals surface area (Å²) >= 11 is 6.99. The van der Waals surface area contributed by atoms with Crippen LogP contribution in [0.2, 0.25) is 30.8 Å². The largest absolute Gasteiger partial charge is 0.444 e. The number of nitrogens with two attached hydrogens (primary N) is 1. The summed E-state index contributed by atoms with van der Waals surface area (Å²) in [5.74, 6) is 0.874. The molecule has 0 radical (unpaired) electrons. The molecule has 2 heterocycles. The van der Waals surface area contributed by atoms with Crippen LogP contribution in [0.25, 0.3) is 22.2 Å². The molecule has 214 valence electrons. The minimum atomic E-state index is -1.29. The van der Waals surface area contributed by atoms with Crippen LogP contribution in [0.5, 0.6) is 0 Å². The molecule has 0 saturated heterocycles. The van der Waals surface area contributed by atoms with Gasteiger partial charge in [0.05, 0.1) is 11.4 Å². The van der Waals surface area contributed by atoms with Crippen LogP contribution < -0.4 is 11.1 Å². The molecule has 0 fully saturated rings. The first-order valence-corrected chi connectivity index (χ1v) is 17.4. The Morgan fingerprint density at radius 3 is 2.58 bits per heavy atom. The molecule has 11 heteroatoms. The molecular formula is C29H38ClN5O4Si. The molecule has 0 aliphatic carbocycles. The second-order valence-corrected chi connectivity index (χ2v) is 18.0. The Hall–Kier alpha value is -3.34. The second kappa shape index (κ2) is 12.0. The molecule has 4 rings (SSSR count). The van der Waals surface area contributed by atoms with Crippen molar-refractivity contribution in [2.24, 2.45) is 0 Å². The van der Waals surface area contributed by atoms with E-state index in [1.807, 2.05) is 67.8 Å². The number of hydrogen-bond donors (Lipinski definition) is 2. The zero-order valence-corrected chi connectivity index (χ0v) is 25.7. The minimum absolute atomic E-state index is 0.185. The Kier molecular flexibility index (Phi) is 8.92. The number of carbonyl (C=O) groups excluding carboxylic acids is 1. The van der Waals surface area contributed by atoms with E-state index in [1.54, 1.807) is 6.07 Å². The number of rotatable bonds is 10. The lowest BCUT2D eigenvalue weighted by atomic mass is 10.1. The molecule has 4 aromatic rings. The molecule has 0 bridgehead atoms. The Bertz CT molecular complexity index is 1460. The van der Waals surface area contributed by atoms with Gasteiger partial charge in [-0.25, -0.2) is 9.78 Å². The number of alkyl carbamates (subject to hydrolysis) is 1. The number of nitrogen functional groups attached to an aromatic ring is 1. The van der Waals surface area contributed by atoms with Crippen LogP contribution in [0.1, 0.15) is 38.2 Å². The number of aromatic nitrogens is 3. The van der Waals surface area contributed by atoms with Crippen LogP contribution in [-0.4, -0.2) is 41.1 Å². The van der Waals surface area contributed by atoms with Gasteiger partial charge in [-0.15, -0.1) is 0 Å². The summed E-state index contributed by atoms with van der Waals surface area (Å²) in [6.45, 7) is 13.2. The van der Waals surface area contributed by atoms with Gasteiger partial charge in [-0.1, -0.05) is 72.8 Å². The third kappa shape index (κ3) is 7.65. The highest BCUT2D eigenvalue weighted by atomic mass is 35.5. The van der Waals surface area contributed by atoms with Gasteiger partial charge in [0.15, 0.2) is 11.4 Å². The van der Waals surface area contributed by atoms with Gasteiger partial charge in [-0.3, -0.25) is 4.57 Å². The number of imidazole rings is 1. The molecule has 0 aliphatic heterocycles. The number of benzene rings is 2. The predicted octanol–water partition coefficient (Wildman–Crippen LogP) is 7.05. The van der Waals surface area contributed by atoms with Crippen molar-refractivity contribution in [1.82, 2.24) is 20.0 Å². The van der Waals surface area contributed by atoms with E-state index >= 15 is 0 Å². The lowest BCUT2D eigenvalue weighted by Crippen LogP contribution is -2.37. The van der Waals surface area contributed by atoms with Crippen LogP contribution in [0.4, 0.5) is 10.6 Å². The van der Waals surface area contributed by atoms with Gasteiger partial charge in [0, 0.05) is 26.7 Å². The van der Waals surface area contributed by atoms with Gasteiger partial charge in [-0.05, 0) is 44.5 Å². The normalized spacial score (nSPS) is 13.0. The Morgan fingerprint density at radius 1 is 1.18 bits per heavy atom. The Morgan fingerprint density at radius 2 is 1.90 bits per heavy atom. The molecular weight excluding hydrogens is 546 g/mol. The zero-order chi connectivity index (χ0) is 29.1. The number of nitrogens with zero attached hydrogens (tertiary/aromatic N) is 3. The van der Waals surface area contributed by atoms with Crippen LogP contribution in [0.3, 0.4) is 0 Å². The molecule has 40 heavy (non-hydrogen) atoms. The van der Waals surface area contributed by atoms with Crippen LogP contribution in [0, 0.1) is 0 Å². The summed E-state index contributed by atoms with van der Waals surface area (Å²) < 4.78 is 18.9. The van der Waals surface area contributed by atoms with E-state index in [4.69, 9.17) is 36.3 Å². The van der Waals surface area contributed by atoms with E-state index < -0.39 is 25.8 Å². The third-order valence-electron chi connectivity index (χ3n) is 6.21. The maximum absolute atomic E-state index is 13.0. The first-order valence-electron chi connectivity index (χ1n) is 13.3. The van der Waals surface area contributed by atoms with Gasteiger partial charge in [0.2, 0.25) is 0 Å². The minimum Gasteiger partial charge on any atom is -0.444 e. The quantitative estimate of drug-likeness (QED) is 0.152. The van der Waals surface area contributed by atoms with Crippen molar-refractivity contribution in [2.45, 2.75) is 71.3 Å². The van der Waals surface area contributed by atoms with E-state index in [0.29, 0.717) is 46.5 Å². The Balaban J connectivity index is 1.75. The SMILES string of the molecule is CC(C)(C)OC(=O)N[C@@H](Cc1ccccc1)c1nc(-c2ccc3c(N)noc3c2)c(Cl)n1COCC[Si](C)(C)C. The summed E-state index contributed by atoms with van der Waals surface area (Å²) in [6.07, 6.45) is -0.0711. The molecule has 0 aliphatic rings. The first kappa shape index (κ1) is 29.6. The molecule has 0 spiro atoms. The third-order valence-corrected chi connectivity index (χ3v) is 8.30. The number of fused-ring (bicyclic) bond motifs is 1. The van der Waals surface area contributed by atoms with Crippen molar-refractivity contribution in [3.63, 3.8) is 0 Å². The standard InChI is InChI=1S/C29H38ClN5O4Si/c1-29(2,3)38-28(36)32-22(16-19-10-8-7-9-11-19)27-33-24(20-12-13-21-23(17-20)39-34-26(21)31)25(30)35(27)18-37-14-15-40(4,5)6/h7-13,17,22H,14-16,18H2,1-6H3,(H2,31,34)(H,32,36)/t22-/m0/s1. The highest BCUT2D eigenvalue weighted by Crippen LogP contribution is 2.34. The maximum Gasteiger partial charge on any atom is 0.408 e. The van der Waals surface area contributed by atoms with E-state index in [0.717, 1.165) is 17.2 Å². The number of amides is 1. The van der Waals surface area contributed by atoms with Crippen molar-refractivity contribution in [3.05, 3.63) is 65.1 Å². The Labute approximate surface area is 241 Å². The molecule has 9 nitrogen and oxygen atoms in total. The van der Waals surface area contributed by atoms with Crippen molar-refractivity contribution in [3.8, 4) is 11.3 Å². The van der Waals surface area contributed by atoms with Gasteiger partial charge < -0.3 is 25.0 Å². The van der Waals surface area contributed by atoms with Gasteiger partial charge >= 0.3 is 6.09 Å². The number of anilines is 1. The van der Waals surface area contributed by atoms with Gasteiger partial charge in [0.1, 0.15) is 29.0 Å². The highest BCUT2D eigenvalue weighted by molar-refractivity contribution is 6.76. The summed E-state index contributed by atoms with van der Waals surface area (Å²) in [5.41, 5.74) is 8.06. The molecule has 1 atom stereocenters. The summed E-state index contributed by atoms with van der Waals surface area (Å²) in [5, 5.41) is 7.97. The van der Waals surface area contributed by atoms with Crippen LogP contribution in [-0.2, 0) is 22.6 Å². The maximum atomic E-state index is 13.0. The monoisotopic (exact) mass is 583 g/mol. The lowest BCUT2D eigenvalue weighted by Gasteiger charge is -2.24. The van der Waals surface area contributed by atoms with Crippen LogP contribution >= 0.6 is 11.6 Å². The number of nitrogens with one attached hydrogen (secondary N) is 1. The summed E-state index contributed by atoms with van der Waals surface area (Å²) in [7, 11) is -1.29. The first-order chi connectivity index (χ1) is 18.8. The van der Waals surface area contributed by atoms with Crippen molar-refractivity contribution >= 4 is 42.6 Å². The summed E-state index contributed by atoms with van der Waals surface area (Å²) in [6, 6.07) is 15.9. The molecule has 3 N–H and O–H groups in total. The number of ether oxygens (including phenoxy) is 2. The highest BCUT2D eigenvalue weighted by Gasteiger charge is 2.28. The molecule has 2 aromatic heterocycles. The van der Waals surface area contributed by atoms with Gasteiger partial charge in [-0.2, -0.15) is 0 Å². The smallest absolute Gasteiger partial charge is 0.408 e.